The minimum absolute atomic E-state index is 0.0835. The zero-order chi connectivity index (χ0) is 15.9. The number of anilines is 1. The summed E-state index contributed by atoms with van der Waals surface area (Å²) in [5.41, 5.74) is 7.24. The Morgan fingerprint density at radius 3 is 2.82 bits per heavy atom. The monoisotopic (exact) mass is 326 g/mol. The molecular weight excluding hydrogens is 313 g/mol. The van der Waals surface area contributed by atoms with Crippen molar-refractivity contribution in [3.05, 3.63) is 51.7 Å². The molecule has 0 fully saturated rings. The van der Waals surface area contributed by atoms with Gasteiger partial charge in [-0.3, -0.25) is 4.79 Å². The van der Waals surface area contributed by atoms with Crippen LogP contribution in [0.15, 0.2) is 35.0 Å². The number of halogens is 3. The lowest BCUT2D eigenvalue weighted by molar-refractivity contribution is -0.137. The van der Waals surface area contributed by atoms with E-state index < -0.39 is 17.8 Å². The summed E-state index contributed by atoms with van der Waals surface area (Å²) >= 11 is 1.45. The molecule has 1 aliphatic rings. The highest BCUT2D eigenvalue weighted by atomic mass is 32.1. The van der Waals surface area contributed by atoms with Gasteiger partial charge in [-0.1, -0.05) is 12.1 Å². The van der Waals surface area contributed by atoms with Crippen LogP contribution in [-0.2, 0) is 23.9 Å². The molecule has 22 heavy (non-hydrogen) atoms. The number of hydrogen-bond donors (Lipinski definition) is 1. The molecule has 116 valence electrons. The molecule has 1 atom stereocenters. The zero-order valence-corrected chi connectivity index (χ0v) is 12.2. The number of amides is 1. The van der Waals surface area contributed by atoms with E-state index in [0.717, 1.165) is 23.4 Å². The molecule has 3 rings (SSSR count). The van der Waals surface area contributed by atoms with Gasteiger partial charge in [-0.15, -0.1) is 11.3 Å². The summed E-state index contributed by atoms with van der Waals surface area (Å²) in [7, 11) is 0. The summed E-state index contributed by atoms with van der Waals surface area (Å²) in [5.74, 6) is -0.261. The van der Waals surface area contributed by atoms with Crippen molar-refractivity contribution in [1.82, 2.24) is 0 Å². The van der Waals surface area contributed by atoms with Crippen LogP contribution >= 0.6 is 11.3 Å². The topological polar surface area (TPSA) is 46.3 Å². The summed E-state index contributed by atoms with van der Waals surface area (Å²) in [5, 5.41) is 3.74. The van der Waals surface area contributed by atoms with Crippen LogP contribution < -0.4 is 10.6 Å². The van der Waals surface area contributed by atoms with Gasteiger partial charge in [0.15, 0.2) is 0 Å². The second kappa shape index (κ2) is 5.40. The van der Waals surface area contributed by atoms with Gasteiger partial charge in [0.05, 0.1) is 23.8 Å². The molecule has 3 nitrogen and oxygen atoms in total. The van der Waals surface area contributed by atoms with Crippen molar-refractivity contribution in [2.45, 2.75) is 25.2 Å². The highest BCUT2D eigenvalue weighted by Crippen LogP contribution is 2.33. The average molecular weight is 326 g/mol. The molecule has 0 unspecified atom stereocenters. The van der Waals surface area contributed by atoms with Gasteiger partial charge in [-0.05, 0) is 35.1 Å². The molecule has 0 saturated heterocycles. The van der Waals surface area contributed by atoms with Gasteiger partial charge < -0.3 is 10.6 Å². The first-order valence-corrected chi connectivity index (χ1v) is 7.58. The van der Waals surface area contributed by atoms with Crippen LogP contribution in [0, 0.1) is 0 Å². The molecule has 1 aromatic carbocycles. The number of nitrogens with two attached hydrogens (primary N) is 1. The molecule has 1 amide bonds. The molecule has 2 aromatic rings. The Balaban J connectivity index is 1.92. The van der Waals surface area contributed by atoms with Crippen molar-refractivity contribution in [3.8, 4) is 0 Å². The maximum absolute atomic E-state index is 12.8. The lowest BCUT2D eigenvalue weighted by Crippen LogP contribution is -2.48. The second-order valence-electron chi connectivity index (χ2n) is 5.22. The molecule has 0 bridgehead atoms. The predicted molar refractivity (Wildman–Crippen MR) is 78.6 cm³/mol. The second-order valence-corrected chi connectivity index (χ2v) is 5.96. The van der Waals surface area contributed by atoms with E-state index in [2.05, 4.69) is 0 Å². The number of hydrogen-bond acceptors (Lipinski definition) is 3. The molecule has 2 N–H and O–H groups in total. The Morgan fingerprint density at radius 1 is 1.32 bits per heavy atom. The van der Waals surface area contributed by atoms with Crippen molar-refractivity contribution in [1.29, 1.82) is 0 Å². The van der Waals surface area contributed by atoms with E-state index in [0.29, 0.717) is 12.0 Å². The molecule has 2 heterocycles. The maximum atomic E-state index is 12.8. The Bertz CT molecular complexity index is 711. The molecule has 1 aromatic heterocycles. The number of carbonyl (C=O) groups is 1. The summed E-state index contributed by atoms with van der Waals surface area (Å²) < 4.78 is 38.3. The first kappa shape index (κ1) is 15.1. The number of rotatable bonds is 2. The molecular formula is C15H13F3N2OS. The fraction of sp³-hybridized carbons (Fsp3) is 0.267. The number of thiophene rings is 1. The van der Waals surface area contributed by atoms with Gasteiger partial charge in [0.1, 0.15) is 0 Å². The zero-order valence-electron chi connectivity index (χ0n) is 11.4. The number of benzene rings is 1. The SMILES string of the molecule is N[C@@H]1Cc2cscc2N(Cc2cccc(C(F)(F)F)c2)C1=O. The van der Waals surface area contributed by atoms with Crippen molar-refractivity contribution < 1.29 is 18.0 Å². The molecule has 0 aliphatic carbocycles. The maximum Gasteiger partial charge on any atom is 0.416 e. The van der Waals surface area contributed by atoms with Gasteiger partial charge in [0.2, 0.25) is 5.91 Å². The van der Waals surface area contributed by atoms with Crippen molar-refractivity contribution in [2.75, 3.05) is 4.90 Å². The summed E-state index contributed by atoms with van der Waals surface area (Å²) in [6.07, 6.45) is -3.93. The Morgan fingerprint density at radius 2 is 2.09 bits per heavy atom. The number of carbonyl (C=O) groups excluding carboxylic acids is 1. The van der Waals surface area contributed by atoms with E-state index in [1.54, 1.807) is 6.07 Å². The Hall–Kier alpha value is -1.86. The highest BCUT2D eigenvalue weighted by molar-refractivity contribution is 7.08. The normalized spacial score (nSPS) is 18.5. The standard InChI is InChI=1S/C15H13F3N2OS/c16-15(17,18)11-3-1-2-9(4-11)6-20-13-8-22-7-10(13)5-12(19)14(20)21/h1-4,7-8,12H,5-6,19H2/t12-/m1/s1. The van der Waals surface area contributed by atoms with Gasteiger partial charge >= 0.3 is 6.18 Å². The molecule has 0 radical (unpaired) electrons. The largest absolute Gasteiger partial charge is 0.416 e. The van der Waals surface area contributed by atoms with Gasteiger partial charge in [0.25, 0.3) is 0 Å². The average Bonchev–Trinajstić information content (AvgIpc) is 2.91. The van der Waals surface area contributed by atoms with E-state index in [4.69, 9.17) is 5.73 Å². The van der Waals surface area contributed by atoms with Crippen LogP contribution in [0.4, 0.5) is 18.9 Å². The van der Waals surface area contributed by atoms with Crippen LogP contribution in [0.2, 0.25) is 0 Å². The van der Waals surface area contributed by atoms with E-state index in [-0.39, 0.29) is 12.5 Å². The first-order chi connectivity index (χ1) is 10.4. The fourth-order valence-corrected chi connectivity index (χ4v) is 3.40. The lowest BCUT2D eigenvalue weighted by atomic mass is 10.0. The highest BCUT2D eigenvalue weighted by Gasteiger charge is 2.33. The van der Waals surface area contributed by atoms with Crippen LogP contribution in [0.1, 0.15) is 16.7 Å². The molecule has 0 saturated carbocycles. The third-order valence-corrected chi connectivity index (χ3v) is 4.41. The Kier molecular flexibility index (Phi) is 3.70. The molecule has 1 aliphatic heterocycles. The van der Waals surface area contributed by atoms with Crippen LogP contribution in [0.5, 0.6) is 0 Å². The van der Waals surface area contributed by atoms with E-state index in [9.17, 15) is 18.0 Å². The van der Waals surface area contributed by atoms with Crippen molar-refractivity contribution >= 4 is 22.9 Å². The van der Waals surface area contributed by atoms with Crippen molar-refractivity contribution in [2.24, 2.45) is 5.73 Å². The van der Waals surface area contributed by atoms with Gasteiger partial charge in [-0.25, -0.2) is 0 Å². The fourth-order valence-electron chi connectivity index (χ4n) is 2.54. The van der Waals surface area contributed by atoms with Crippen LogP contribution in [0.25, 0.3) is 0 Å². The number of alkyl halides is 3. The van der Waals surface area contributed by atoms with E-state index in [1.165, 1.54) is 22.3 Å². The Labute approximate surface area is 129 Å². The minimum Gasteiger partial charge on any atom is -0.320 e. The van der Waals surface area contributed by atoms with E-state index in [1.807, 2.05) is 10.8 Å². The van der Waals surface area contributed by atoms with Crippen molar-refractivity contribution in [3.63, 3.8) is 0 Å². The minimum atomic E-state index is -4.40. The third-order valence-electron chi connectivity index (χ3n) is 3.63. The lowest BCUT2D eigenvalue weighted by Gasteiger charge is -2.31. The number of fused-ring (bicyclic) bond motifs is 1. The molecule has 7 heteroatoms. The number of nitrogens with zero attached hydrogens (tertiary/aromatic N) is 1. The molecule has 0 spiro atoms. The summed E-state index contributed by atoms with van der Waals surface area (Å²) in [6, 6.07) is 4.37. The van der Waals surface area contributed by atoms with Crippen LogP contribution in [-0.4, -0.2) is 11.9 Å². The first-order valence-electron chi connectivity index (χ1n) is 6.64. The van der Waals surface area contributed by atoms with Gasteiger partial charge in [0, 0.05) is 5.38 Å². The summed E-state index contributed by atoms with van der Waals surface area (Å²) in [4.78, 5) is 13.7. The van der Waals surface area contributed by atoms with E-state index >= 15 is 0 Å². The predicted octanol–water partition coefficient (Wildman–Crippen LogP) is 3.18. The quantitative estimate of drug-likeness (QED) is 0.921. The summed E-state index contributed by atoms with van der Waals surface area (Å²) in [6.45, 7) is 0.0835. The third kappa shape index (κ3) is 2.74. The smallest absolute Gasteiger partial charge is 0.320 e. The van der Waals surface area contributed by atoms with Gasteiger partial charge in [-0.2, -0.15) is 13.2 Å². The van der Waals surface area contributed by atoms with Crippen LogP contribution in [0.3, 0.4) is 0 Å².